The summed E-state index contributed by atoms with van der Waals surface area (Å²) in [5.74, 6) is 0.217. The first-order chi connectivity index (χ1) is 9.43. The Labute approximate surface area is 120 Å². The molecule has 1 N–H and O–H groups in total. The van der Waals surface area contributed by atoms with E-state index in [1.54, 1.807) is 17.0 Å². The molecule has 0 saturated heterocycles. The van der Waals surface area contributed by atoms with Gasteiger partial charge >= 0.3 is 5.56 Å². The first kappa shape index (κ1) is 15.0. The van der Waals surface area contributed by atoms with Crippen LogP contribution in [-0.2, 0) is 5.54 Å². The van der Waals surface area contributed by atoms with Crippen LogP contribution in [-0.4, -0.2) is 28.7 Å². The van der Waals surface area contributed by atoms with Crippen molar-refractivity contribution in [2.75, 3.05) is 7.05 Å². The lowest BCUT2D eigenvalue weighted by Crippen LogP contribution is -2.45. The molecule has 0 aliphatic heterocycles. The Morgan fingerprint density at radius 3 is 2.70 bits per heavy atom. The minimum Gasteiger partial charge on any atom is -0.469 e. The average molecular weight is 279 g/mol. The molecule has 20 heavy (non-hydrogen) atoms. The summed E-state index contributed by atoms with van der Waals surface area (Å²) in [7, 11) is 1.94. The maximum Gasteiger partial charge on any atom is 0.313 e. The maximum absolute atomic E-state index is 12.4. The Kier molecular flexibility index (Phi) is 4.48. The summed E-state index contributed by atoms with van der Waals surface area (Å²) in [5, 5.41) is 3.28. The second kappa shape index (κ2) is 5.95. The van der Waals surface area contributed by atoms with E-state index in [9.17, 15) is 4.79 Å². The van der Waals surface area contributed by atoms with E-state index in [1.165, 1.54) is 6.42 Å². The number of ether oxygens (including phenoxy) is 1. The molecule has 0 bridgehead atoms. The monoisotopic (exact) mass is 279 g/mol. The van der Waals surface area contributed by atoms with Gasteiger partial charge in [0.2, 0.25) is 0 Å². The van der Waals surface area contributed by atoms with Crippen LogP contribution in [0.15, 0.2) is 17.2 Å². The summed E-state index contributed by atoms with van der Waals surface area (Å²) in [5.41, 5.74) is -0.423. The molecule has 112 valence electrons. The molecule has 2 atom stereocenters. The summed E-state index contributed by atoms with van der Waals surface area (Å²) in [6, 6.07) is 0.299. The van der Waals surface area contributed by atoms with Crippen LogP contribution in [0.1, 0.15) is 46.5 Å². The van der Waals surface area contributed by atoms with E-state index >= 15 is 0 Å². The first-order valence-corrected chi connectivity index (χ1v) is 7.35. The number of hydrogen-bond acceptors (Lipinski definition) is 4. The molecule has 2 unspecified atom stereocenters. The number of nitrogens with one attached hydrogen (secondary N) is 1. The van der Waals surface area contributed by atoms with Gasteiger partial charge in [0.1, 0.15) is 6.10 Å². The van der Waals surface area contributed by atoms with Crippen LogP contribution in [0.5, 0.6) is 5.88 Å². The quantitative estimate of drug-likeness (QED) is 0.918. The third-order valence-corrected chi connectivity index (χ3v) is 3.87. The predicted molar refractivity (Wildman–Crippen MR) is 79.2 cm³/mol. The summed E-state index contributed by atoms with van der Waals surface area (Å²) in [4.78, 5) is 16.6. The fourth-order valence-electron chi connectivity index (χ4n) is 2.71. The lowest BCUT2D eigenvalue weighted by Gasteiger charge is -2.31. The first-order valence-electron chi connectivity index (χ1n) is 7.35. The molecule has 0 aromatic carbocycles. The van der Waals surface area contributed by atoms with Gasteiger partial charge in [0.25, 0.3) is 5.88 Å². The van der Waals surface area contributed by atoms with Crippen LogP contribution < -0.4 is 15.6 Å². The van der Waals surface area contributed by atoms with E-state index in [2.05, 4.69) is 10.3 Å². The second-order valence-corrected chi connectivity index (χ2v) is 6.41. The van der Waals surface area contributed by atoms with Crippen LogP contribution in [0.25, 0.3) is 0 Å². The largest absolute Gasteiger partial charge is 0.469 e. The van der Waals surface area contributed by atoms with Crippen molar-refractivity contribution < 1.29 is 4.74 Å². The Morgan fingerprint density at radius 1 is 1.35 bits per heavy atom. The van der Waals surface area contributed by atoms with E-state index in [-0.39, 0.29) is 23.1 Å². The molecular formula is C15H25N3O2. The van der Waals surface area contributed by atoms with Crippen molar-refractivity contribution in [3.05, 3.63) is 22.7 Å². The van der Waals surface area contributed by atoms with Crippen LogP contribution in [0.2, 0.25) is 0 Å². The van der Waals surface area contributed by atoms with E-state index in [0.717, 1.165) is 19.3 Å². The molecule has 1 aliphatic rings. The van der Waals surface area contributed by atoms with Gasteiger partial charge in [0.05, 0.1) is 0 Å². The number of rotatable bonds is 3. The number of nitrogens with zero attached hydrogens (tertiary/aromatic N) is 2. The normalized spacial score (nSPS) is 23.6. The van der Waals surface area contributed by atoms with Crippen molar-refractivity contribution >= 4 is 0 Å². The molecule has 2 rings (SSSR count). The maximum atomic E-state index is 12.4. The van der Waals surface area contributed by atoms with E-state index in [1.807, 2.05) is 27.8 Å². The Morgan fingerprint density at radius 2 is 2.05 bits per heavy atom. The molecule has 1 aromatic rings. The van der Waals surface area contributed by atoms with Crippen LogP contribution in [0.3, 0.4) is 0 Å². The zero-order chi connectivity index (χ0) is 14.8. The van der Waals surface area contributed by atoms with Gasteiger partial charge in [-0.15, -0.1) is 0 Å². The molecule has 5 nitrogen and oxygen atoms in total. The lowest BCUT2D eigenvalue weighted by atomic mass is 9.92. The van der Waals surface area contributed by atoms with Crippen LogP contribution in [0.4, 0.5) is 0 Å². The van der Waals surface area contributed by atoms with Crippen molar-refractivity contribution in [3.63, 3.8) is 0 Å². The molecule has 1 heterocycles. The molecule has 0 spiro atoms. The molecule has 1 saturated carbocycles. The van der Waals surface area contributed by atoms with Crippen LogP contribution in [0, 0.1) is 0 Å². The third kappa shape index (κ3) is 3.20. The van der Waals surface area contributed by atoms with Gasteiger partial charge in [-0.1, -0.05) is 6.42 Å². The molecule has 1 aliphatic carbocycles. The molecular weight excluding hydrogens is 254 g/mol. The summed E-state index contributed by atoms with van der Waals surface area (Å²) >= 11 is 0. The number of aromatic nitrogens is 2. The molecule has 0 amide bonds. The fraction of sp³-hybridized carbons (Fsp3) is 0.733. The topological polar surface area (TPSA) is 56.1 Å². The SMILES string of the molecule is CNC1CCCCC1Oc1nccn(C(C)(C)C)c1=O. The van der Waals surface area contributed by atoms with Crippen molar-refractivity contribution in [3.8, 4) is 5.88 Å². The number of hydrogen-bond donors (Lipinski definition) is 1. The van der Waals surface area contributed by atoms with Gasteiger partial charge < -0.3 is 14.6 Å². The number of likely N-dealkylation sites (N-methyl/N-ethyl adjacent to an activating group) is 1. The van der Waals surface area contributed by atoms with Gasteiger partial charge in [-0.3, -0.25) is 4.79 Å². The average Bonchev–Trinajstić information content (AvgIpc) is 2.40. The van der Waals surface area contributed by atoms with Gasteiger partial charge in [0.15, 0.2) is 0 Å². The highest BCUT2D eigenvalue weighted by Crippen LogP contribution is 2.22. The standard InChI is InChI=1S/C15H25N3O2/c1-15(2,3)18-10-9-17-13(14(18)19)20-12-8-6-5-7-11(12)16-4/h9-12,16H,5-8H2,1-4H3. The van der Waals surface area contributed by atoms with Crippen molar-refractivity contribution in [2.45, 2.75) is 64.1 Å². The predicted octanol–water partition coefficient (Wildman–Crippen LogP) is 1.91. The summed E-state index contributed by atoms with van der Waals surface area (Å²) in [6.07, 6.45) is 7.79. The van der Waals surface area contributed by atoms with E-state index in [4.69, 9.17) is 4.74 Å². The third-order valence-electron chi connectivity index (χ3n) is 3.87. The minimum atomic E-state index is -0.271. The smallest absolute Gasteiger partial charge is 0.313 e. The van der Waals surface area contributed by atoms with Crippen molar-refractivity contribution in [1.82, 2.24) is 14.9 Å². The summed E-state index contributed by atoms with van der Waals surface area (Å²) in [6.45, 7) is 5.99. The second-order valence-electron chi connectivity index (χ2n) is 6.41. The molecule has 1 fully saturated rings. The highest BCUT2D eigenvalue weighted by Gasteiger charge is 2.27. The van der Waals surface area contributed by atoms with Crippen molar-refractivity contribution in [2.24, 2.45) is 0 Å². The minimum absolute atomic E-state index is 0.0322. The van der Waals surface area contributed by atoms with Gasteiger partial charge in [-0.25, -0.2) is 4.98 Å². The van der Waals surface area contributed by atoms with Gasteiger partial charge in [0, 0.05) is 24.0 Å². The fourth-order valence-corrected chi connectivity index (χ4v) is 2.71. The molecule has 0 radical (unpaired) electrons. The molecule has 1 aromatic heterocycles. The Balaban J connectivity index is 2.23. The van der Waals surface area contributed by atoms with Crippen molar-refractivity contribution in [1.29, 1.82) is 0 Å². The lowest BCUT2D eigenvalue weighted by molar-refractivity contribution is 0.109. The van der Waals surface area contributed by atoms with E-state index in [0.29, 0.717) is 6.04 Å². The van der Waals surface area contributed by atoms with E-state index < -0.39 is 0 Å². The zero-order valence-corrected chi connectivity index (χ0v) is 12.8. The van der Waals surface area contributed by atoms with Crippen LogP contribution >= 0.6 is 0 Å². The highest BCUT2D eigenvalue weighted by atomic mass is 16.5. The molecule has 5 heteroatoms. The Bertz CT molecular complexity index is 505. The Hall–Kier alpha value is -1.36. The summed E-state index contributed by atoms with van der Waals surface area (Å²) < 4.78 is 7.59. The van der Waals surface area contributed by atoms with Gasteiger partial charge in [-0.05, 0) is 47.1 Å². The van der Waals surface area contributed by atoms with Gasteiger partial charge in [-0.2, -0.15) is 0 Å². The zero-order valence-electron chi connectivity index (χ0n) is 12.8. The highest BCUT2D eigenvalue weighted by molar-refractivity contribution is 5.07.